The number of hydrogen-bond donors (Lipinski definition) is 4. The van der Waals surface area contributed by atoms with Crippen molar-refractivity contribution in [1.82, 2.24) is 0 Å². The molecule has 3 aromatic carbocycles. The number of nitrogens with two attached hydrogens (primary N) is 1. The van der Waals surface area contributed by atoms with Crippen molar-refractivity contribution in [3.8, 4) is 0 Å². The number of benzene rings is 3. The van der Waals surface area contributed by atoms with Crippen LogP contribution in [0.1, 0.15) is 16.7 Å². The van der Waals surface area contributed by atoms with E-state index in [0.29, 0.717) is 29.1 Å². The summed E-state index contributed by atoms with van der Waals surface area (Å²) in [6, 6.07) is 21.7. The lowest BCUT2D eigenvalue weighted by molar-refractivity contribution is -0.384. The van der Waals surface area contributed by atoms with E-state index >= 15 is 0 Å². The van der Waals surface area contributed by atoms with Crippen molar-refractivity contribution in [3.05, 3.63) is 99.6 Å². The molecule has 5 N–H and O–H groups in total. The summed E-state index contributed by atoms with van der Waals surface area (Å²) in [6.07, 6.45) is -1.00. The lowest BCUT2D eigenvalue weighted by atomic mass is 9.99. The first-order valence-electron chi connectivity index (χ1n) is 9.16. The quantitative estimate of drug-likeness (QED) is 0.360. The van der Waals surface area contributed by atoms with Crippen molar-refractivity contribution in [1.29, 1.82) is 0 Å². The number of non-ortho nitro benzene ring substituents is 1. The minimum absolute atomic E-state index is 0. The fraction of sp³-hybridized carbons (Fsp3) is 0.0909. The molecule has 0 bridgehead atoms. The molecule has 1 unspecified atom stereocenters. The Bertz CT molecular complexity index is 1090. The number of hydrogen-bond acceptors (Lipinski definition) is 6. The minimum Gasteiger partial charge on any atom is -0.369 e. The van der Waals surface area contributed by atoms with Gasteiger partial charge in [0.2, 0.25) is 0 Å². The maximum absolute atomic E-state index is 11.3. The molecule has 0 saturated heterocycles. The van der Waals surface area contributed by atoms with Crippen LogP contribution in [0.2, 0.25) is 0 Å². The summed E-state index contributed by atoms with van der Waals surface area (Å²) in [5.74, 6) is 0. The van der Waals surface area contributed by atoms with Gasteiger partial charge in [0, 0.05) is 41.2 Å². The lowest BCUT2D eigenvalue weighted by Gasteiger charge is -2.17. The zero-order chi connectivity index (χ0) is 20.4. The zero-order valence-electron chi connectivity index (χ0n) is 15.9. The van der Waals surface area contributed by atoms with E-state index in [4.69, 9.17) is 5.73 Å². The molecular formula is C22H21ClN4O3. The number of fused-ring (bicyclic) bond motifs is 1. The van der Waals surface area contributed by atoms with E-state index in [1.807, 2.05) is 54.6 Å². The molecule has 1 atom stereocenters. The van der Waals surface area contributed by atoms with Crippen LogP contribution in [0.15, 0.2) is 72.8 Å². The van der Waals surface area contributed by atoms with Crippen molar-refractivity contribution in [3.63, 3.8) is 0 Å². The van der Waals surface area contributed by atoms with Gasteiger partial charge in [0.1, 0.15) is 0 Å². The molecule has 0 radical (unpaired) electrons. The Labute approximate surface area is 179 Å². The van der Waals surface area contributed by atoms with Crippen LogP contribution in [0.4, 0.5) is 17.1 Å². The third-order valence-electron chi connectivity index (χ3n) is 4.86. The van der Waals surface area contributed by atoms with E-state index in [1.54, 1.807) is 6.07 Å². The molecule has 3 aromatic rings. The average molecular weight is 425 g/mol. The summed E-state index contributed by atoms with van der Waals surface area (Å²) in [7, 11) is 0. The number of anilines is 2. The first-order valence-corrected chi connectivity index (χ1v) is 9.16. The lowest BCUT2D eigenvalue weighted by Crippen LogP contribution is -2.16. The fourth-order valence-electron chi connectivity index (χ4n) is 3.40. The highest BCUT2D eigenvalue weighted by Gasteiger charge is 2.30. The van der Waals surface area contributed by atoms with Crippen LogP contribution >= 0.6 is 12.4 Å². The molecule has 154 valence electrons. The monoisotopic (exact) mass is 424 g/mol. The van der Waals surface area contributed by atoms with Crippen molar-refractivity contribution >= 4 is 40.7 Å². The van der Waals surface area contributed by atoms with Crippen molar-refractivity contribution < 1.29 is 10.0 Å². The van der Waals surface area contributed by atoms with Gasteiger partial charge >= 0.3 is 0 Å². The molecule has 7 nitrogen and oxygen atoms in total. The third-order valence-corrected chi connectivity index (χ3v) is 4.86. The van der Waals surface area contributed by atoms with Crippen molar-refractivity contribution in [2.24, 2.45) is 5.73 Å². The van der Waals surface area contributed by atoms with Gasteiger partial charge in [0.25, 0.3) is 5.69 Å². The maximum atomic E-state index is 11.3. The largest absolute Gasteiger partial charge is 0.369 e. The van der Waals surface area contributed by atoms with E-state index in [1.165, 1.54) is 12.1 Å². The van der Waals surface area contributed by atoms with Gasteiger partial charge in [0.05, 0.1) is 10.6 Å². The summed E-state index contributed by atoms with van der Waals surface area (Å²) in [6.45, 7) is 0.451. The molecule has 0 fully saturated rings. The summed E-state index contributed by atoms with van der Waals surface area (Å²) >= 11 is 0. The number of halogens is 1. The van der Waals surface area contributed by atoms with Gasteiger partial charge in [-0.05, 0) is 29.3 Å². The van der Waals surface area contributed by atoms with E-state index in [9.17, 15) is 15.2 Å². The molecule has 4 rings (SSSR count). The summed E-state index contributed by atoms with van der Waals surface area (Å²) in [5, 5.41) is 28.4. The molecule has 0 aliphatic carbocycles. The van der Waals surface area contributed by atoms with Crippen LogP contribution in [-0.2, 0) is 6.54 Å². The molecule has 1 aliphatic rings. The Balaban J connectivity index is 0.00000256. The Morgan fingerprint density at radius 2 is 1.80 bits per heavy atom. The SMILES string of the molecule is Cl.NCc1ccc(N/C(=C2/c3cc([N+](=O)[O-])ccc3NC2O)c2ccccc2)cc1. The van der Waals surface area contributed by atoms with Crippen LogP contribution in [0.3, 0.4) is 0 Å². The Morgan fingerprint density at radius 3 is 2.43 bits per heavy atom. The van der Waals surface area contributed by atoms with Gasteiger partial charge in [0.15, 0.2) is 6.23 Å². The summed E-state index contributed by atoms with van der Waals surface area (Å²) in [4.78, 5) is 10.8. The number of nitro benzene ring substituents is 1. The molecule has 0 saturated carbocycles. The predicted octanol–water partition coefficient (Wildman–Crippen LogP) is 4.20. The first-order chi connectivity index (χ1) is 14.1. The minimum atomic E-state index is -1.00. The highest BCUT2D eigenvalue weighted by atomic mass is 35.5. The molecule has 0 aromatic heterocycles. The normalized spacial score (nSPS) is 16.1. The molecular weight excluding hydrogens is 404 g/mol. The zero-order valence-corrected chi connectivity index (χ0v) is 16.7. The van der Waals surface area contributed by atoms with Crippen LogP contribution in [0.5, 0.6) is 0 Å². The fourth-order valence-corrected chi connectivity index (χ4v) is 3.40. The molecule has 0 spiro atoms. The van der Waals surface area contributed by atoms with Gasteiger partial charge in [-0.1, -0.05) is 42.5 Å². The Kier molecular flexibility index (Phi) is 6.37. The van der Waals surface area contributed by atoms with E-state index < -0.39 is 11.2 Å². The predicted molar refractivity (Wildman–Crippen MR) is 121 cm³/mol. The second-order valence-corrected chi connectivity index (χ2v) is 6.71. The van der Waals surface area contributed by atoms with E-state index in [0.717, 1.165) is 16.8 Å². The standard InChI is InChI=1S/C22H20N4O3.ClH/c23-13-14-6-8-16(9-7-14)24-21(15-4-2-1-3-5-15)20-18-12-17(26(28)29)10-11-19(18)25-22(20)27;/h1-12,22,24-25,27H,13,23H2;1H/b21-20-;. The number of nitrogens with one attached hydrogen (secondary N) is 2. The molecule has 0 amide bonds. The third kappa shape index (κ3) is 4.13. The second-order valence-electron chi connectivity index (χ2n) is 6.71. The van der Waals surface area contributed by atoms with E-state index in [-0.39, 0.29) is 18.1 Å². The van der Waals surface area contributed by atoms with Gasteiger partial charge in [-0.15, -0.1) is 12.4 Å². The molecule has 8 heteroatoms. The van der Waals surface area contributed by atoms with Gasteiger partial charge < -0.3 is 21.5 Å². The van der Waals surface area contributed by atoms with Crippen molar-refractivity contribution in [2.45, 2.75) is 12.8 Å². The first kappa shape index (κ1) is 21.3. The Morgan fingerprint density at radius 1 is 1.10 bits per heavy atom. The van der Waals surface area contributed by atoms with E-state index in [2.05, 4.69) is 10.6 Å². The van der Waals surface area contributed by atoms with Gasteiger partial charge in [-0.3, -0.25) is 10.1 Å². The number of aliphatic hydroxyl groups excluding tert-OH is 1. The van der Waals surface area contributed by atoms with Crippen LogP contribution in [-0.4, -0.2) is 16.3 Å². The number of nitro groups is 1. The van der Waals surface area contributed by atoms with Gasteiger partial charge in [-0.25, -0.2) is 0 Å². The smallest absolute Gasteiger partial charge is 0.270 e. The number of rotatable bonds is 5. The molecule has 30 heavy (non-hydrogen) atoms. The van der Waals surface area contributed by atoms with Crippen LogP contribution in [0.25, 0.3) is 11.3 Å². The van der Waals surface area contributed by atoms with Crippen LogP contribution < -0.4 is 16.4 Å². The number of nitrogens with zero attached hydrogens (tertiary/aromatic N) is 1. The topological polar surface area (TPSA) is 113 Å². The highest BCUT2D eigenvalue weighted by Crippen LogP contribution is 2.41. The summed E-state index contributed by atoms with van der Waals surface area (Å²) < 4.78 is 0. The molecule has 1 aliphatic heterocycles. The maximum Gasteiger partial charge on any atom is 0.270 e. The summed E-state index contributed by atoms with van der Waals surface area (Å²) in [5.41, 5.74) is 10.8. The van der Waals surface area contributed by atoms with Crippen LogP contribution in [0, 0.1) is 10.1 Å². The number of aliphatic hydroxyl groups is 1. The average Bonchev–Trinajstić information content (AvgIpc) is 3.07. The second kappa shape index (κ2) is 8.96. The molecule has 1 heterocycles. The van der Waals surface area contributed by atoms with Crippen molar-refractivity contribution in [2.75, 3.05) is 10.6 Å². The highest BCUT2D eigenvalue weighted by molar-refractivity contribution is 6.03. The van der Waals surface area contributed by atoms with Gasteiger partial charge in [-0.2, -0.15) is 0 Å². The Hall–Kier alpha value is -3.39.